The van der Waals surface area contributed by atoms with E-state index in [9.17, 15) is 9.59 Å². The number of aromatic nitrogens is 3. The van der Waals surface area contributed by atoms with Crippen LogP contribution in [0.2, 0.25) is 5.02 Å². The summed E-state index contributed by atoms with van der Waals surface area (Å²) >= 11 is 9.42. The second-order valence-corrected chi connectivity index (χ2v) is 10.7. The van der Waals surface area contributed by atoms with E-state index in [1.54, 1.807) is 36.5 Å². The molecule has 5 rings (SSSR count). The lowest BCUT2D eigenvalue weighted by Crippen LogP contribution is -2.22. The van der Waals surface area contributed by atoms with Crippen LogP contribution in [0.4, 0.5) is 5.69 Å². The van der Waals surface area contributed by atoms with Crippen LogP contribution in [0.5, 0.6) is 0 Å². The van der Waals surface area contributed by atoms with Gasteiger partial charge in [0, 0.05) is 43.8 Å². The van der Waals surface area contributed by atoms with E-state index in [-0.39, 0.29) is 18.0 Å². The van der Waals surface area contributed by atoms with Crippen molar-refractivity contribution in [3.63, 3.8) is 0 Å². The Labute approximate surface area is 239 Å². The van der Waals surface area contributed by atoms with Gasteiger partial charge >= 0.3 is 0 Å². The van der Waals surface area contributed by atoms with E-state index in [4.69, 9.17) is 16.6 Å². The van der Waals surface area contributed by atoms with Crippen molar-refractivity contribution in [2.75, 3.05) is 5.32 Å². The number of carbonyl (C=O) groups is 1. The van der Waals surface area contributed by atoms with Gasteiger partial charge < -0.3 is 9.88 Å². The first kappa shape index (κ1) is 26.8. The van der Waals surface area contributed by atoms with Crippen LogP contribution in [0, 0.1) is 6.92 Å². The third-order valence-corrected chi connectivity index (χ3v) is 7.39. The summed E-state index contributed by atoms with van der Waals surface area (Å²) in [6.45, 7) is 4.18. The number of nitrogens with one attached hydrogen (secondary N) is 1. The van der Waals surface area contributed by atoms with Gasteiger partial charge in [0.05, 0.1) is 17.1 Å². The molecular weight excluding hydrogens is 578 g/mol. The second-order valence-electron chi connectivity index (χ2n) is 9.31. The number of hydrogen-bond acceptors (Lipinski definition) is 4. The molecule has 0 radical (unpaired) electrons. The smallest absolute Gasteiger partial charge is 0.282 e. The second kappa shape index (κ2) is 11.6. The molecule has 5 aromatic rings. The van der Waals surface area contributed by atoms with Gasteiger partial charge in [-0.15, -0.1) is 0 Å². The van der Waals surface area contributed by atoms with Gasteiger partial charge in [-0.05, 0) is 61.9 Å². The Morgan fingerprint density at radius 3 is 2.64 bits per heavy atom. The molecule has 7 nitrogen and oxygen atoms in total. The quantitative estimate of drug-likeness (QED) is 0.195. The third-order valence-electron chi connectivity index (χ3n) is 6.64. The number of para-hydroxylation sites is 1. The normalized spacial score (nSPS) is 11.6. The summed E-state index contributed by atoms with van der Waals surface area (Å²) < 4.78 is 4.17. The largest absolute Gasteiger partial charge is 0.335 e. The van der Waals surface area contributed by atoms with Gasteiger partial charge in [-0.25, -0.2) is 4.98 Å². The number of benzene rings is 3. The Morgan fingerprint density at radius 1 is 1.10 bits per heavy atom. The van der Waals surface area contributed by atoms with Gasteiger partial charge in [0.1, 0.15) is 12.4 Å². The molecule has 3 aromatic carbocycles. The highest BCUT2D eigenvalue weighted by molar-refractivity contribution is 9.10. The van der Waals surface area contributed by atoms with Gasteiger partial charge in [0.15, 0.2) is 0 Å². The fourth-order valence-corrected chi connectivity index (χ4v) is 5.11. The number of rotatable bonds is 8. The van der Waals surface area contributed by atoms with Crippen molar-refractivity contribution in [1.29, 1.82) is 0 Å². The fourth-order valence-electron chi connectivity index (χ4n) is 4.63. The maximum absolute atomic E-state index is 13.5. The first-order chi connectivity index (χ1) is 18.9. The summed E-state index contributed by atoms with van der Waals surface area (Å²) in [4.78, 5) is 31.2. The number of nitrogens with zero attached hydrogens (tertiary/aromatic N) is 4. The minimum absolute atomic E-state index is 0.121. The predicted octanol–water partition coefficient (Wildman–Crippen LogP) is 6.94. The van der Waals surface area contributed by atoms with Crippen molar-refractivity contribution in [3.05, 3.63) is 104 Å². The number of carbonyl (C=O) groups excluding carboxylic acids is 1. The number of aryl methyl sites for hydroxylation is 1. The standard InChI is InChI=1S/C30H27BrClN5O2/c1-3-4-9-28-35-26-15-10-20(31)16-24(26)30(39)37(28)33-17-25-19(2)36(27-8-6-5-7-23(25)27)18-29(38)34-22-13-11-21(32)12-14-22/h5-8,10-17H,3-4,9,18H2,1-2H3,(H,34,38). The fraction of sp³-hybridized carbons (Fsp3) is 0.200. The van der Waals surface area contributed by atoms with Gasteiger partial charge in [0.25, 0.3) is 5.56 Å². The van der Waals surface area contributed by atoms with Crippen molar-refractivity contribution in [1.82, 2.24) is 14.2 Å². The first-order valence-electron chi connectivity index (χ1n) is 12.7. The van der Waals surface area contributed by atoms with Crippen LogP contribution in [0.1, 0.15) is 36.8 Å². The molecule has 1 amide bonds. The molecule has 0 unspecified atom stereocenters. The highest BCUT2D eigenvalue weighted by Crippen LogP contribution is 2.25. The molecule has 0 bridgehead atoms. The number of halogens is 2. The Morgan fingerprint density at radius 2 is 1.87 bits per heavy atom. The first-order valence-corrected chi connectivity index (χ1v) is 13.9. The molecule has 0 spiro atoms. The third kappa shape index (κ3) is 5.67. The van der Waals surface area contributed by atoms with Gasteiger partial charge in [-0.1, -0.05) is 59.1 Å². The lowest BCUT2D eigenvalue weighted by molar-refractivity contribution is -0.116. The Bertz CT molecular complexity index is 1770. The van der Waals surface area contributed by atoms with Crippen molar-refractivity contribution >= 4 is 67.1 Å². The lowest BCUT2D eigenvalue weighted by Gasteiger charge is -2.10. The molecule has 0 saturated carbocycles. The monoisotopic (exact) mass is 603 g/mol. The van der Waals surface area contributed by atoms with Crippen molar-refractivity contribution in [2.45, 2.75) is 39.7 Å². The molecule has 0 aliphatic heterocycles. The van der Waals surface area contributed by atoms with E-state index in [0.29, 0.717) is 33.9 Å². The molecular formula is C30H27BrClN5O2. The number of amides is 1. The number of hydrogen-bond donors (Lipinski definition) is 1. The van der Waals surface area contributed by atoms with Crippen LogP contribution >= 0.6 is 27.5 Å². The Hall–Kier alpha value is -3.75. The Kier molecular flexibility index (Phi) is 7.95. The minimum Gasteiger partial charge on any atom is -0.335 e. The molecule has 198 valence electrons. The minimum atomic E-state index is -0.215. The van der Waals surface area contributed by atoms with Crippen LogP contribution < -0.4 is 10.9 Å². The summed E-state index contributed by atoms with van der Waals surface area (Å²) in [7, 11) is 0. The summed E-state index contributed by atoms with van der Waals surface area (Å²) in [5.74, 6) is 0.462. The molecule has 0 aliphatic carbocycles. The maximum atomic E-state index is 13.5. The SMILES string of the molecule is CCCCc1nc2ccc(Br)cc2c(=O)n1N=Cc1c(C)n(CC(=O)Nc2ccc(Cl)cc2)c2ccccc12. The van der Waals surface area contributed by atoms with E-state index in [1.807, 2.05) is 47.9 Å². The number of unbranched alkanes of at least 4 members (excludes halogenated alkanes) is 1. The molecule has 2 heterocycles. The van der Waals surface area contributed by atoms with Crippen LogP contribution in [-0.2, 0) is 17.8 Å². The van der Waals surface area contributed by atoms with Crippen molar-refractivity contribution in [2.24, 2.45) is 5.10 Å². The Balaban J connectivity index is 1.54. The summed E-state index contributed by atoms with van der Waals surface area (Å²) in [5, 5.41) is 9.64. The number of fused-ring (bicyclic) bond motifs is 2. The molecule has 0 atom stereocenters. The highest BCUT2D eigenvalue weighted by Gasteiger charge is 2.16. The van der Waals surface area contributed by atoms with E-state index < -0.39 is 0 Å². The van der Waals surface area contributed by atoms with Gasteiger partial charge in [-0.3, -0.25) is 9.59 Å². The highest BCUT2D eigenvalue weighted by atomic mass is 79.9. The molecule has 0 aliphatic rings. The van der Waals surface area contributed by atoms with E-state index in [0.717, 1.165) is 39.5 Å². The topological polar surface area (TPSA) is 81.3 Å². The molecule has 2 aromatic heterocycles. The van der Waals surface area contributed by atoms with Crippen molar-refractivity contribution in [3.8, 4) is 0 Å². The molecule has 0 fully saturated rings. The summed E-state index contributed by atoms with van der Waals surface area (Å²) in [5.41, 5.74) is 3.72. The molecule has 1 N–H and O–H groups in total. The summed E-state index contributed by atoms with van der Waals surface area (Å²) in [6, 6.07) is 20.4. The molecule has 0 saturated heterocycles. The van der Waals surface area contributed by atoms with E-state index in [1.165, 1.54) is 4.68 Å². The zero-order valence-corrected chi connectivity index (χ0v) is 24.0. The van der Waals surface area contributed by atoms with Gasteiger partial charge in [0.2, 0.25) is 5.91 Å². The van der Waals surface area contributed by atoms with Crippen LogP contribution in [0.3, 0.4) is 0 Å². The molecule has 39 heavy (non-hydrogen) atoms. The maximum Gasteiger partial charge on any atom is 0.282 e. The van der Waals surface area contributed by atoms with Gasteiger partial charge in [-0.2, -0.15) is 9.78 Å². The zero-order valence-electron chi connectivity index (χ0n) is 21.6. The zero-order chi connectivity index (χ0) is 27.5. The van der Waals surface area contributed by atoms with E-state index >= 15 is 0 Å². The lowest BCUT2D eigenvalue weighted by atomic mass is 10.1. The van der Waals surface area contributed by atoms with Crippen molar-refractivity contribution < 1.29 is 4.79 Å². The predicted molar refractivity (Wildman–Crippen MR) is 162 cm³/mol. The number of anilines is 1. The van der Waals surface area contributed by atoms with Crippen LogP contribution in [-0.4, -0.2) is 26.3 Å². The van der Waals surface area contributed by atoms with E-state index in [2.05, 4.69) is 33.3 Å². The van der Waals surface area contributed by atoms with Crippen LogP contribution in [0.15, 0.2) is 81.1 Å². The molecule has 9 heteroatoms. The summed E-state index contributed by atoms with van der Waals surface area (Å²) in [6.07, 6.45) is 4.21. The average molecular weight is 605 g/mol. The average Bonchev–Trinajstić information content (AvgIpc) is 3.19. The van der Waals surface area contributed by atoms with Crippen LogP contribution in [0.25, 0.3) is 21.8 Å².